The van der Waals surface area contributed by atoms with E-state index in [1.54, 1.807) is 10.6 Å². The number of rotatable bonds is 3. The van der Waals surface area contributed by atoms with Crippen molar-refractivity contribution in [3.05, 3.63) is 57.2 Å². The molecule has 4 heterocycles. The highest BCUT2D eigenvalue weighted by molar-refractivity contribution is 6.29. The van der Waals surface area contributed by atoms with E-state index >= 15 is 4.39 Å². The van der Waals surface area contributed by atoms with Crippen LogP contribution in [0.1, 0.15) is 23.3 Å². The average Bonchev–Trinajstić information content (AvgIpc) is 2.77. The molecule has 0 bridgehead atoms. The molecule has 2 aliphatic rings. The molecule has 0 amide bonds. The van der Waals surface area contributed by atoms with Crippen molar-refractivity contribution in [1.82, 2.24) is 9.55 Å². The summed E-state index contributed by atoms with van der Waals surface area (Å²) in [5.41, 5.74) is -0.384. The Morgan fingerprint density at radius 2 is 1.97 bits per heavy atom. The number of carboxylic acids is 1. The van der Waals surface area contributed by atoms with Crippen molar-refractivity contribution in [2.45, 2.75) is 13.0 Å². The largest absolute Gasteiger partial charge is 0.487 e. The molecule has 10 heteroatoms. The van der Waals surface area contributed by atoms with Gasteiger partial charge >= 0.3 is 5.97 Å². The lowest BCUT2D eigenvalue weighted by Crippen LogP contribution is -2.47. The van der Waals surface area contributed by atoms with E-state index in [9.17, 15) is 14.7 Å². The predicted molar refractivity (Wildman–Crippen MR) is 119 cm³/mol. The maximum absolute atomic E-state index is 15.3. The summed E-state index contributed by atoms with van der Waals surface area (Å²) < 4.78 is 23.0. The Hall–Kier alpha value is -3.33. The number of aromatic nitrogens is 2. The van der Waals surface area contributed by atoms with Crippen molar-refractivity contribution in [1.29, 1.82) is 0 Å². The molecule has 2 aromatic heterocycles. The van der Waals surface area contributed by atoms with Gasteiger partial charge in [0.2, 0.25) is 5.43 Å². The lowest BCUT2D eigenvalue weighted by Gasteiger charge is -2.38. The van der Waals surface area contributed by atoms with Crippen LogP contribution in [0.5, 0.6) is 5.75 Å². The second-order valence-corrected chi connectivity index (χ2v) is 8.36. The summed E-state index contributed by atoms with van der Waals surface area (Å²) in [6.07, 6.45) is 1.33. The molecule has 0 radical (unpaired) electrons. The van der Waals surface area contributed by atoms with Gasteiger partial charge in [-0.05, 0) is 25.1 Å². The lowest BCUT2D eigenvalue weighted by molar-refractivity contribution is 0.0694. The van der Waals surface area contributed by atoms with Gasteiger partial charge in [0.15, 0.2) is 11.6 Å². The van der Waals surface area contributed by atoms with Crippen molar-refractivity contribution in [2.75, 3.05) is 42.6 Å². The summed E-state index contributed by atoms with van der Waals surface area (Å²) in [6.45, 7) is 4.34. The first-order valence-electron chi connectivity index (χ1n) is 10.2. The Balaban J connectivity index is 1.56. The quantitative estimate of drug-likeness (QED) is 0.603. The van der Waals surface area contributed by atoms with E-state index in [1.807, 2.05) is 24.0 Å². The van der Waals surface area contributed by atoms with Gasteiger partial charge in [0, 0.05) is 32.4 Å². The first-order valence-corrected chi connectivity index (χ1v) is 10.6. The van der Waals surface area contributed by atoms with Crippen LogP contribution < -0.4 is 20.0 Å². The number of hydrogen-bond acceptors (Lipinski definition) is 6. The highest BCUT2D eigenvalue weighted by Crippen LogP contribution is 2.42. The van der Waals surface area contributed by atoms with E-state index in [0.29, 0.717) is 42.5 Å². The molecule has 1 N–H and O–H groups in total. The molecule has 5 rings (SSSR count). The summed E-state index contributed by atoms with van der Waals surface area (Å²) >= 11 is 6.00. The smallest absolute Gasteiger partial charge is 0.341 e. The molecular weight excluding hydrogens is 439 g/mol. The minimum atomic E-state index is -1.34. The standard InChI is InChI=1S/C22H20ClFN4O4/c1-12-11-32-21-18-13(20(29)14(22(30)31)10-28(12)18)9-15(24)19(21)27-7-5-26(6-8-27)17-4-2-3-16(23)25-17/h2-4,9-10,12H,5-8,11H2,1H3,(H,30,31). The van der Waals surface area contributed by atoms with Crippen LogP contribution in [0.25, 0.3) is 10.9 Å². The fourth-order valence-electron chi connectivity index (χ4n) is 4.39. The fraction of sp³-hybridized carbons (Fsp3) is 0.318. The molecule has 1 atom stereocenters. The van der Waals surface area contributed by atoms with E-state index in [4.69, 9.17) is 16.3 Å². The number of piperazine rings is 1. The monoisotopic (exact) mass is 458 g/mol. The average molecular weight is 459 g/mol. The van der Waals surface area contributed by atoms with Crippen molar-refractivity contribution in [2.24, 2.45) is 0 Å². The number of ether oxygens (including phenoxy) is 1. The van der Waals surface area contributed by atoms with Gasteiger partial charge in [-0.3, -0.25) is 4.79 Å². The molecule has 0 spiro atoms. The summed E-state index contributed by atoms with van der Waals surface area (Å²) in [5.74, 6) is -0.905. The van der Waals surface area contributed by atoms with Crippen molar-refractivity contribution >= 4 is 40.0 Å². The van der Waals surface area contributed by atoms with E-state index in [-0.39, 0.29) is 29.3 Å². The van der Waals surface area contributed by atoms with Crippen molar-refractivity contribution in [3.8, 4) is 5.75 Å². The molecule has 166 valence electrons. The molecular formula is C22H20ClFN4O4. The number of aromatic carboxylic acids is 1. The molecule has 2 aliphatic heterocycles. The summed E-state index contributed by atoms with van der Waals surface area (Å²) in [6, 6.07) is 6.36. The third-order valence-electron chi connectivity index (χ3n) is 5.99. The number of pyridine rings is 2. The van der Waals surface area contributed by atoms with E-state index < -0.39 is 17.2 Å². The van der Waals surface area contributed by atoms with Crippen molar-refractivity contribution < 1.29 is 19.0 Å². The Morgan fingerprint density at radius 1 is 1.25 bits per heavy atom. The van der Waals surface area contributed by atoms with Gasteiger partial charge < -0.3 is 24.2 Å². The number of nitrogens with zero attached hydrogens (tertiary/aromatic N) is 4. The lowest BCUT2D eigenvalue weighted by atomic mass is 10.1. The predicted octanol–water partition coefficient (Wildman–Crippen LogP) is 3.17. The molecule has 32 heavy (non-hydrogen) atoms. The number of halogens is 2. The van der Waals surface area contributed by atoms with Gasteiger partial charge in [-0.15, -0.1) is 0 Å². The van der Waals surface area contributed by atoms with Crippen LogP contribution in [0.3, 0.4) is 0 Å². The van der Waals surface area contributed by atoms with Crippen LogP contribution in [-0.4, -0.2) is 53.4 Å². The maximum Gasteiger partial charge on any atom is 0.341 e. The first-order chi connectivity index (χ1) is 15.3. The minimum Gasteiger partial charge on any atom is -0.487 e. The van der Waals surface area contributed by atoms with E-state index in [1.165, 1.54) is 6.20 Å². The Bertz CT molecular complexity index is 1300. The number of hydrogen-bond donors (Lipinski definition) is 1. The van der Waals surface area contributed by atoms with Gasteiger partial charge in [-0.1, -0.05) is 17.7 Å². The number of benzene rings is 1. The Kier molecular flexibility index (Phi) is 4.93. The third kappa shape index (κ3) is 3.24. The third-order valence-corrected chi connectivity index (χ3v) is 6.20. The highest BCUT2D eigenvalue weighted by Gasteiger charge is 2.31. The Morgan fingerprint density at radius 3 is 2.66 bits per heavy atom. The van der Waals surface area contributed by atoms with Crippen LogP contribution in [0.2, 0.25) is 5.15 Å². The Labute approximate surface area is 187 Å². The van der Waals surface area contributed by atoms with Crippen molar-refractivity contribution in [3.63, 3.8) is 0 Å². The van der Waals surface area contributed by atoms with Gasteiger partial charge in [-0.2, -0.15) is 0 Å². The second-order valence-electron chi connectivity index (χ2n) is 7.97. The molecule has 1 saturated heterocycles. The van der Waals surface area contributed by atoms with Gasteiger partial charge in [0.05, 0.1) is 16.9 Å². The zero-order valence-electron chi connectivity index (χ0n) is 17.2. The second kappa shape index (κ2) is 7.67. The van der Waals surface area contributed by atoms with Crippen LogP contribution >= 0.6 is 11.6 Å². The topological polar surface area (TPSA) is 87.9 Å². The molecule has 1 fully saturated rings. The minimum absolute atomic E-state index is 0.00876. The molecule has 0 aliphatic carbocycles. The first kappa shape index (κ1) is 20.6. The van der Waals surface area contributed by atoms with Crippen LogP contribution in [-0.2, 0) is 0 Å². The van der Waals surface area contributed by atoms with E-state index in [2.05, 4.69) is 9.88 Å². The number of anilines is 2. The summed E-state index contributed by atoms with van der Waals surface area (Å²) in [5, 5.41) is 9.84. The fourth-order valence-corrected chi connectivity index (χ4v) is 4.55. The SMILES string of the molecule is CC1COc2c(N3CCN(c4cccc(Cl)n4)CC3)c(F)cc3c(=O)c(C(=O)O)cn1c23. The zero-order chi connectivity index (χ0) is 22.6. The van der Waals surface area contributed by atoms with Crippen LogP contribution in [0.15, 0.2) is 35.3 Å². The number of carboxylic acid groups (broad SMARTS) is 1. The van der Waals surface area contributed by atoms with Gasteiger partial charge in [-0.25, -0.2) is 14.2 Å². The highest BCUT2D eigenvalue weighted by atomic mass is 35.5. The molecule has 1 aromatic carbocycles. The summed E-state index contributed by atoms with van der Waals surface area (Å²) in [7, 11) is 0. The normalized spacial score (nSPS) is 18.0. The van der Waals surface area contributed by atoms with E-state index in [0.717, 1.165) is 11.9 Å². The number of carbonyl (C=O) groups is 1. The molecule has 1 unspecified atom stereocenters. The van der Waals surface area contributed by atoms with Crippen LogP contribution in [0, 0.1) is 5.82 Å². The molecule has 8 nitrogen and oxygen atoms in total. The summed E-state index contributed by atoms with van der Waals surface area (Å²) in [4.78, 5) is 32.6. The molecule has 3 aromatic rings. The maximum atomic E-state index is 15.3. The van der Waals surface area contributed by atoms with Crippen LogP contribution in [0.4, 0.5) is 15.9 Å². The van der Waals surface area contributed by atoms with Gasteiger partial charge in [0.25, 0.3) is 0 Å². The van der Waals surface area contributed by atoms with Gasteiger partial charge in [0.1, 0.15) is 28.8 Å². The zero-order valence-corrected chi connectivity index (χ0v) is 18.0. The molecule has 0 saturated carbocycles.